The number of likely N-dealkylation sites (tertiary alicyclic amines) is 1. The van der Waals surface area contributed by atoms with Crippen molar-refractivity contribution < 1.29 is 9.53 Å². The van der Waals surface area contributed by atoms with Gasteiger partial charge < -0.3 is 9.64 Å². The fraction of sp³-hybridized carbons (Fsp3) is 0.471. The summed E-state index contributed by atoms with van der Waals surface area (Å²) in [6.07, 6.45) is 3.89. The molecule has 1 fully saturated rings. The second-order valence-corrected chi connectivity index (χ2v) is 6.73. The van der Waals surface area contributed by atoms with Crippen molar-refractivity contribution in [3.8, 4) is 0 Å². The topological polar surface area (TPSA) is 29.5 Å². The second kappa shape index (κ2) is 7.64. The van der Waals surface area contributed by atoms with Crippen LogP contribution in [-0.2, 0) is 4.74 Å². The van der Waals surface area contributed by atoms with Crippen LogP contribution < -0.4 is 0 Å². The Morgan fingerprint density at radius 3 is 2.71 bits per heavy atom. The molecule has 1 amide bonds. The SMILES string of the molecule is CC(C)COC(=O)N1CCC(=Cc2cccc(Br)c2)CC1. The van der Waals surface area contributed by atoms with Gasteiger partial charge in [0, 0.05) is 17.6 Å². The van der Waals surface area contributed by atoms with Gasteiger partial charge in [0.15, 0.2) is 0 Å². The van der Waals surface area contributed by atoms with E-state index in [9.17, 15) is 4.79 Å². The van der Waals surface area contributed by atoms with Crippen LogP contribution in [0.25, 0.3) is 6.08 Å². The minimum atomic E-state index is -0.176. The predicted molar refractivity (Wildman–Crippen MR) is 89.1 cm³/mol. The molecule has 0 unspecified atom stereocenters. The van der Waals surface area contributed by atoms with Crippen LogP contribution in [0.2, 0.25) is 0 Å². The fourth-order valence-electron chi connectivity index (χ4n) is 2.28. The molecule has 0 saturated carbocycles. The van der Waals surface area contributed by atoms with Gasteiger partial charge in [0.2, 0.25) is 0 Å². The van der Waals surface area contributed by atoms with Gasteiger partial charge in [0.05, 0.1) is 6.61 Å². The average Bonchev–Trinajstić information content (AvgIpc) is 2.45. The average molecular weight is 352 g/mol. The van der Waals surface area contributed by atoms with Gasteiger partial charge in [-0.2, -0.15) is 0 Å². The van der Waals surface area contributed by atoms with Gasteiger partial charge >= 0.3 is 6.09 Å². The van der Waals surface area contributed by atoms with E-state index in [0.717, 1.165) is 30.4 Å². The van der Waals surface area contributed by atoms with Crippen molar-refractivity contribution >= 4 is 28.1 Å². The van der Waals surface area contributed by atoms with E-state index in [1.165, 1.54) is 11.1 Å². The third-order valence-corrected chi connectivity index (χ3v) is 3.92. The molecule has 1 aliphatic heterocycles. The molecule has 21 heavy (non-hydrogen) atoms. The van der Waals surface area contributed by atoms with Crippen molar-refractivity contribution in [3.63, 3.8) is 0 Å². The molecule has 0 bridgehead atoms. The maximum absolute atomic E-state index is 11.9. The third-order valence-electron chi connectivity index (χ3n) is 3.42. The van der Waals surface area contributed by atoms with Crippen molar-refractivity contribution in [2.24, 2.45) is 5.92 Å². The lowest BCUT2D eigenvalue weighted by atomic mass is 10.0. The first-order valence-electron chi connectivity index (χ1n) is 7.41. The summed E-state index contributed by atoms with van der Waals surface area (Å²) in [4.78, 5) is 13.7. The summed E-state index contributed by atoms with van der Waals surface area (Å²) in [5.41, 5.74) is 2.59. The Labute approximate surface area is 135 Å². The van der Waals surface area contributed by atoms with Crippen molar-refractivity contribution in [2.75, 3.05) is 19.7 Å². The Balaban J connectivity index is 1.87. The molecule has 1 aliphatic rings. The van der Waals surface area contributed by atoms with Crippen LogP contribution in [0.4, 0.5) is 4.79 Å². The van der Waals surface area contributed by atoms with E-state index in [2.05, 4.69) is 34.1 Å². The molecule has 2 rings (SSSR count). The molecule has 1 aromatic rings. The molecule has 0 spiro atoms. The number of hydrogen-bond donors (Lipinski definition) is 0. The molecule has 0 aliphatic carbocycles. The quantitative estimate of drug-likeness (QED) is 0.788. The van der Waals surface area contributed by atoms with Gasteiger partial charge in [0.25, 0.3) is 0 Å². The monoisotopic (exact) mass is 351 g/mol. The summed E-state index contributed by atoms with van der Waals surface area (Å²) in [5, 5.41) is 0. The molecule has 1 saturated heterocycles. The van der Waals surface area contributed by atoms with Gasteiger partial charge in [-0.3, -0.25) is 0 Å². The minimum absolute atomic E-state index is 0.176. The number of hydrogen-bond acceptors (Lipinski definition) is 2. The number of carbonyl (C=O) groups is 1. The van der Waals surface area contributed by atoms with Crippen LogP contribution in [-0.4, -0.2) is 30.7 Å². The predicted octanol–water partition coefficient (Wildman–Crippen LogP) is 4.72. The molecule has 114 valence electrons. The maximum atomic E-state index is 11.9. The minimum Gasteiger partial charge on any atom is -0.449 e. The van der Waals surface area contributed by atoms with Crippen molar-refractivity contribution in [1.29, 1.82) is 0 Å². The molecule has 1 heterocycles. The molecule has 3 nitrogen and oxygen atoms in total. The largest absolute Gasteiger partial charge is 0.449 e. The third kappa shape index (κ3) is 5.20. The maximum Gasteiger partial charge on any atom is 0.409 e. The van der Waals surface area contributed by atoms with Gasteiger partial charge in [0.1, 0.15) is 0 Å². The number of nitrogens with zero attached hydrogens (tertiary/aromatic N) is 1. The van der Waals surface area contributed by atoms with Gasteiger partial charge in [-0.1, -0.05) is 53.6 Å². The van der Waals surface area contributed by atoms with Crippen molar-refractivity contribution in [2.45, 2.75) is 26.7 Å². The zero-order chi connectivity index (χ0) is 15.2. The number of piperidine rings is 1. The van der Waals surface area contributed by atoms with Crippen molar-refractivity contribution in [1.82, 2.24) is 4.90 Å². The lowest BCUT2D eigenvalue weighted by Gasteiger charge is -2.28. The summed E-state index contributed by atoms with van der Waals surface area (Å²) >= 11 is 3.49. The van der Waals surface area contributed by atoms with Crippen LogP contribution in [0.15, 0.2) is 34.3 Å². The van der Waals surface area contributed by atoms with Gasteiger partial charge in [-0.15, -0.1) is 0 Å². The summed E-state index contributed by atoms with van der Waals surface area (Å²) in [6.45, 7) is 6.08. The first-order valence-corrected chi connectivity index (χ1v) is 8.20. The Bertz CT molecular complexity index is 515. The number of ether oxygens (including phenoxy) is 1. The number of rotatable bonds is 3. The molecule has 4 heteroatoms. The Hall–Kier alpha value is -1.29. The smallest absolute Gasteiger partial charge is 0.409 e. The van der Waals surface area contributed by atoms with Gasteiger partial charge in [-0.05, 0) is 36.5 Å². The molecule has 0 radical (unpaired) electrons. The van der Waals surface area contributed by atoms with E-state index in [4.69, 9.17) is 4.74 Å². The Morgan fingerprint density at radius 2 is 2.10 bits per heavy atom. The van der Waals surface area contributed by atoms with Crippen molar-refractivity contribution in [3.05, 3.63) is 39.9 Å². The number of carbonyl (C=O) groups excluding carboxylic acids is 1. The first-order chi connectivity index (χ1) is 10.0. The van der Waals surface area contributed by atoms with Crippen LogP contribution in [0, 0.1) is 5.92 Å². The highest BCUT2D eigenvalue weighted by Gasteiger charge is 2.20. The van der Waals surface area contributed by atoms with Crippen LogP contribution in [0.1, 0.15) is 32.3 Å². The number of benzene rings is 1. The molecule has 0 aromatic heterocycles. The van der Waals surface area contributed by atoms with E-state index in [1.54, 1.807) is 4.90 Å². The fourth-order valence-corrected chi connectivity index (χ4v) is 2.70. The lowest BCUT2D eigenvalue weighted by molar-refractivity contribution is 0.0896. The highest BCUT2D eigenvalue weighted by molar-refractivity contribution is 9.10. The Morgan fingerprint density at radius 1 is 1.38 bits per heavy atom. The van der Waals surface area contributed by atoms with Crippen LogP contribution >= 0.6 is 15.9 Å². The Kier molecular flexibility index (Phi) is 5.85. The molecular formula is C17H22BrNO2. The standard InChI is InChI=1S/C17H22BrNO2/c1-13(2)12-21-17(20)19-8-6-14(7-9-19)10-15-4-3-5-16(18)11-15/h3-5,10-11,13H,6-9,12H2,1-2H3. The van der Waals surface area contributed by atoms with E-state index < -0.39 is 0 Å². The summed E-state index contributed by atoms with van der Waals surface area (Å²) in [7, 11) is 0. The summed E-state index contributed by atoms with van der Waals surface area (Å²) in [6, 6.07) is 8.27. The highest BCUT2D eigenvalue weighted by Crippen LogP contribution is 2.21. The molecule has 0 atom stereocenters. The molecular weight excluding hydrogens is 330 g/mol. The molecule has 0 N–H and O–H groups in total. The van der Waals surface area contributed by atoms with E-state index in [-0.39, 0.29) is 6.09 Å². The van der Waals surface area contributed by atoms with E-state index in [1.807, 2.05) is 26.0 Å². The van der Waals surface area contributed by atoms with E-state index >= 15 is 0 Å². The van der Waals surface area contributed by atoms with E-state index in [0.29, 0.717) is 12.5 Å². The zero-order valence-electron chi connectivity index (χ0n) is 12.6. The highest BCUT2D eigenvalue weighted by atomic mass is 79.9. The summed E-state index contributed by atoms with van der Waals surface area (Å²) in [5.74, 6) is 0.380. The van der Waals surface area contributed by atoms with Gasteiger partial charge in [-0.25, -0.2) is 4.79 Å². The number of halogens is 1. The second-order valence-electron chi connectivity index (χ2n) is 5.82. The normalized spacial score (nSPS) is 15.2. The zero-order valence-corrected chi connectivity index (χ0v) is 14.2. The van der Waals surface area contributed by atoms with Crippen LogP contribution in [0.3, 0.4) is 0 Å². The summed E-state index contributed by atoms with van der Waals surface area (Å²) < 4.78 is 6.36. The lowest BCUT2D eigenvalue weighted by Crippen LogP contribution is -2.37. The number of amides is 1. The first kappa shape index (κ1) is 16.1. The molecule has 1 aromatic carbocycles. The van der Waals surface area contributed by atoms with Crippen LogP contribution in [0.5, 0.6) is 0 Å².